The Morgan fingerprint density at radius 3 is 3.06 bits per heavy atom. The van der Waals surface area contributed by atoms with Gasteiger partial charge in [-0.2, -0.15) is 0 Å². The summed E-state index contributed by atoms with van der Waals surface area (Å²) in [4.78, 5) is 4.37. The van der Waals surface area contributed by atoms with Gasteiger partial charge in [0, 0.05) is 11.2 Å². The van der Waals surface area contributed by atoms with Crippen molar-refractivity contribution in [1.29, 1.82) is 0 Å². The fourth-order valence-corrected chi connectivity index (χ4v) is 2.51. The van der Waals surface area contributed by atoms with E-state index in [9.17, 15) is 4.39 Å². The molecule has 1 N–H and O–H groups in total. The monoisotopic (exact) mass is 262 g/mol. The van der Waals surface area contributed by atoms with Gasteiger partial charge in [0.15, 0.2) is 0 Å². The first-order chi connectivity index (χ1) is 8.74. The van der Waals surface area contributed by atoms with Crippen LogP contribution in [0.5, 0.6) is 0 Å². The Morgan fingerprint density at radius 2 is 2.22 bits per heavy atom. The molecule has 1 aliphatic rings. The Kier molecular flexibility index (Phi) is 2.92. The second-order valence-electron chi connectivity index (χ2n) is 4.41. The number of fused-ring (bicyclic) bond motifs is 1. The average Bonchev–Trinajstić information content (AvgIpc) is 2.76. The zero-order valence-electron chi connectivity index (χ0n) is 9.66. The van der Waals surface area contributed by atoms with Crippen molar-refractivity contribution in [3.05, 3.63) is 58.6 Å². The zero-order chi connectivity index (χ0) is 12.5. The second kappa shape index (κ2) is 4.58. The van der Waals surface area contributed by atoms with Crippen molar-refractivity contribution in [2.75, 3.05) is 5.32 Å². The molecule has 3 rings (SSSR count). The topological polar surface area (TPSA) is 24.9 Å². The highest BCUT2D eigenvalue weighted by Gasteiger charge is 2.23. The van der Waals surface area contributed by atoms with Gasteiger partial charge >= 0.3 is 0 Å². The van der Waals surface area contributed by atoms with Gasteiger partial charge in [0.2, 0.25) is 0 Å². The van der Waals surface area contributed by atoms with Gasteiger partial charge in [0.05, 0.1) is 17.4 Å². The maximum atomic E-state index is 13.7. The number of nitrogens with one attached hydrogen (secondary N) is 1. The minimum atomic E-state index is -0.327. The van der Waals surface area contributed by atoms with Crippen molar-refractivity contribution in [3.8, 4) is 0 Å². The Morgan fingerprint density at radius 1 is 1.33 bits per heavy atom. The Balaban J connectivity index is 1.86. The largest absolute Gasteiger partial charge is 0.374 e. The van der Waals surface area contributed by atoms with Gasteiger partial charge in [0.1, 0.15) is 5.82 Å². The lowest BCUT2D eigenvalue weighted by atomic mass is 10.2. The van der Waals surface area contributed by atoms with E-state index in [1.807, 2.05) is 6.07 Å². The molecule has 1 aromatic heterocycles. The summed E-state index contributed by atoms with van der Waals surface area (Å²) < 4.78 is 13.7. The molecule has 2 nitrogen and oxygen atoms in total. The number of pyridine rings is 1. The van der Waals surface area contributed by atoms with Crippen molar-refractivity contribution < 1.29 is 4.39 Å². The Bertz CT molecular complexity index is 586. The van der Waals surface area contributed by atoms with Crippen molar-refractivity contribution >= 4 is 17.3 Å². The predicted molar refractivity (Wildman–Crippen MR) is 70.3 cm³/mol. The maximum absolute atomic E-state index is 13.7. The molecule has 1 unspecified atom stereocenters. The van der Waals surface area contributed by atoms with Gasteiger partial charge in [-0.1, -0.05) is 17.7 Å². The molecule has 4 heteroatoms. The summed E-state index contributed by atoms with van der Waals surface area (Å²) >= 11 is 5.73. The van der Waals surface area contributed by atoms with E-state index in [1.54, 1.807) is 18.3 Å². The highest BCUT2D eigenvalue weighted by atomic mass is 35.5. The van der Waals surface area contributed by atoms with E-state index >= 15 is 0 Å². The Labute approximate surface area is 110 Å². The van der Waals surface area contributed by atoms with Crippen LogP contribution in [0.4, 0.5) is 10.1 Å². The zero-order valence-corrected chi connectivity index (χ0v) is 10.4. The molecule has 1 aromatic carbocycles. The summed E-state index contributed by atoms with van der Waals surface area (Å²) in [6, 6.07) is 8.75. The van der Waals surface area contributed by atoms with Crippen LogP contribution >= 0.6 is 11.6 Å². The van der Waals surface area contributed by atoms with Crippen LogP contribution in [0.2, 0.25) is 5.02 Å². The van der Waals surface area contributed by atoms with Gasteiger partial charge in [-0.25, -0.2) is 4.39 Å². The smallest absolute Gasteiger partial charge is 0.147 e. The summed E-state index contributed by atoms with van der Waals surface area (Å²) in [5, 5.41) is 3.60. The van der Waals surface area contributed by atoms with Crippen molar-refractivity contribution in [1.82, 2.24) is 4.98 Å². The third kappa shape index (κ3) is 2.06. The van der Waals surface area contributed by atoms with E-state index in [0.717, 1.165) is 18.5 Å². The number of anilines is 1. The fraction of sp³-hybridized carbons (Fsp3) is 0.214. The molecule has 0 spiro atoms. The molecule has 0 bridgehead atoms. The Hall–Kier alpha value is -1.61. The molecule has 0 aliphatic heterocycles. The van der Waals surface area contributed by atoms with Crippen LogP contribution in [0.25, 0.3) is 0 Å². The molecular weight excluding hydrogens is 251 g/mol. The molecule has 0 amide bonds. The van der Waals surface area contributed by atoms with E-state index in [1.165, 1.54) is 11.6 Å². The standard InChI is InChI=1S/C14H12ClFN2/c15-10-4-6-12(11(16)8-10)18-13-5-3-9-2-1-7-17-14(9)13/h1-2,4,6-8,13,18H,3,5H2. The molecule has 1 aliphatic carbocycles. The lowest BCUT2D eigenvalue weighted by molar-refractivity contribution is 0.624. The average molecular weight is 263 g/mol. The molecule has 0 radical (unpaired) electrons. The lowest BCUT2D eigenvalue weighted by Gasteiger charge is -2.15. The summed E-state index contributed by atoms with van der Waals surface area (Å²) in [5.41, 5.74) is 2.74. The van der Waals surface area contributed by atoms with E-state index in [2.05, 4.69) is 16.4 Å². The number of nitrogens with zero attached hydrogens (tertiary/aromatic N) is 1. The van der Waals surface area contributed by atoms with E-state index in [0.29, 0.717) is 10.7 Å². The molecule has 1 atom stereocenters. The summed E-state index contributed by atoms with van der Waals surface area (Å²) in [7, 11) is 0. The van der Waals surface area contributed by atoms with Crippen LogP contribution in [0.15, 0.2) is 36.5 Å². The van der Waals surface area contributed by atoms with Crippen LogP contribution < -0.4 is 5.32 Å². The number of rotatable bonds is 2. The molecule has 1 heterocycles. The molecule has 2 aromatic rings. The SMILES string of the molecule is Fc1cc(Cl)ccc1NC1CCc2cccnc21. The van der Waals surface area contributed by atoms with Crippen LogP contribution in [-0.4, -0.2) is 4.98 Å². The van der Waals surface area contributed by atoms with Crippen LogP contribution in [0.1, 0.15) is 23.7 Å². The third-order valence-corrected chi connectivity index (χ3v) is 3.45. The summed E-state index contributed by atoms with van der Waals surface area (Å²) in [5.74, 6) is -0.327. The van der Waals surface area contributed by atoms with Gasteiger partial charge in [-0.15, -0.1) is 0 Å². The van der Waals surface area contributed by atoms with Crippen LogP contribution in [0, 0.1) is 5.82 Å². The number of halogens is 2. The van der Waals surface area contributed by atoms with Crippen LogP contribution in [-0.2, 0) is 6.42 Å². The lowest BCUT2D eigenvalue weighted by Crippen LogP contribution is -2.09. The minimum absolute atomic E-state index is 0.0804. The normalized spacial score (nSPS) is 17.6. The van der Waals surface area contributed by atoms with E-state index in [4.69, 9.17) is 11.6 Å². The van der Waals surface area contributed by atoms with Gasteiger partial charge in [0.25, 0.3) is 0 Å². The summed E-state index contributed by atoms with van der Waals surface area (Å²) in [6.45, 7) is 0. The number of hydrogen-bond acceptors (Lipinski definition) is 2. The molecule has 0 saturated carbocycles. The van der Waals surface area contributed by atoms with Crippen molar-refractivity contribution in [2.24, 2.45) is 0 Å². The quantitative estimate of drug-likeness (QED) is 0.886. The highest BCUT2D eigenvalue weighted by molar-refractivity contribution is 6.30. The highest BCUT2D eigenvalue weighted by Crippen LogP contribution is 2.33. The van der Waals surface area contributed by atoms with Crippen LogP contribution in [0.3, 0.4) is 0 Å². The molecule has 0 fully saturated rings. The van der Waals surface area contributed by atoms with Crippen molar-refractivity contribution in [3.63, 3.8) is 0 Å². The second-order valence-corrected chi connectivity index (χ2v) is 4.84. The number of aryl methyl sites for hydroxylation is 1. The molecular formula is C14H12ClFN2. The number of benzene rings is 1. The number of aromatic nitrogens is 1. The maximum Gasteiger partial charge on any atom is 0.147 e. The fourth-order valence-electron chi connectivity index (χ4n) is 2.35. The first-order valence-corrected chi connectivity index (χ1v) is 6.27. The van der Waals surface area contributed by atoms with E-state index in [-0.39, 0.29) is 11.9 Å². The van der Waals surface area contributed by atoms with E-state index < -0.39 is 0 Å². The van der Waals surface area contributed by atoms with Gasteiger partial charge in [-0.05, 0) is 42.7 Å². The molecule has 18 heavy (non-hydrogen) atoms. The molecule has 0 saturated heterocycles. The third-order valence-electron chi connectivity index (χ3n) is 3.22. The van der Waals surface area contributed by atoms with Crippen molar-refractivity contribution in [2.45, 2.75) is 18.9 Å². The first kappa shape index (κ1) is 11.5. The molecule has 92 valence electrons. The minimum Gasteiger partial charge on any atom is -0.374 e. The number of hydrogen-bond donors (Lipinski definition) is 1. The first-order valence-electron chi connectivity index (χ1n) is 5.89. The van der Waals surface area contributed by atoms with Gasteiger partial charge in [-0.3, -0.25) is 4.98 Å². The van der Waals surface area contributed by atoms with Gasteiger partial charge < -0.3 is 5.32 Å². The predicted octanol–water partition coefficient (Wildman–Crippen LogP) is 3.97. The summed E-state index contributed by atoms with van der Waals surface area (Å²) in [6.07, 6.45) is 3.70.